The Morgan fingerprint density at radius 3 is 2.86 bits per heavy atom. The average molecular weight is 311 g/mol. The molecule has 1 fully saturated rings. The molecule has 1 heterocycles. The maximum absolute atomic E-state index is 13.2. The van der Waals surface area contributed by atoms with Crippen molar-refractivity contribution >= 4 is 15.7 Å². The van der Waals surface area contributed by atoms with E-state index in [1.807, 2.05) is 0 Å². The molecule has 1 saturated heterocycles. The van der Waals surface area contributed by atoms with Crippen LogP contribution in [0.15, 0.2) is 18.2 Å². The van der Waals surface area contributed by atoms with Gasteiger partial charge in [0.2, 0.25) is 0 Å². The summed E-state index contributed by atoms with van der Waals surface area (Å²) in [6.07, 6.45) is 0.368. The Morgan fingerprint density at radius 1 is 1.48 bits per heavy atom. The zero-order valence-electron chi connectivity index (χ0n) is 11.1. The molecule has 1 aromatic carbocycles. The number of carbonyl (C=O) groups excluding carboxylic acids is 1. The molecule has 1 unspecified atom stereocenters. The summed E-state index contributed by atoms with van der Waals surface area (Å²) in [6, 6.07) is 3.08. The van der Waals surface area contributed by atoms with Gasteiger partial charge in [-0.2, -0.15) is 0 Å². The van der Waals surface area contributed by atoms with E-state index in [1.54, 1.807) is 0 Å². The first-order chi connectivity index (χ1) is 9.91. The van der Waals surface area contributed by atoms with E-state index in [0.717, 1.165) is 12.1 Å². The summed E-state index contributed by atoms with van der Waals surface area (Å²) in [4.78, 5) is 12.1. The largest absolute Gasteiger partial charge is 0.384 e. The fraction of sp³-hybridized carbons (Fsp3) is 0.357. The summed E-state index contributed by atoms with van der Waals surface area (Å²) < 4.78 is 35.9. The second kappa shape index (κ2) is 6.24. The third-order valence-corrected chi connectivity index (χ3v) is 4.86. The first-order valence-corrected chi connectivity index (χ1v) is 8.14. The minimum absolute atomic E-state index is 0.0541. The van der Waals surface area contributed by atoms with E-state index >= 15 is 0 Å². The molecular weight excluding hydrogens is 297 g/mol. The number of rotatable bonds is 2. The second-order valence-corrected chi connectivity index (χ2v) is 6.95. The number of aliphatic hydroxyl groups excluding tert-OH is 1. The normalized spacial score (nSPS) is 19.6. The molecule has 1 aliphatic rings. The minimum Gasteiger partial charge on any atom is -0.384 e. The van der Waals surface area contributed by atoms with Crippen LogP contribution in [0, 0.1) is 17.7 Å². The molecule has 0 bridgehead atoms. The lowest BCUT2D eigenvalue weighted by Crippen LogP contribution is -2.36. The highest BCUT2D eigenvalue weighted by Gasteiger charge is 2.29. The molecule has 1 aromatic rings. The molecule has 0 aromatic heterocycles. The van der Waals surface area contributed by atoms with Crippen LogP contribution in [0.25, 0.3) is 0 Å². The van der Waals surface area contributed by atoms with Crippen molar-refractivity contribution in [1.82, 2.24) is 5.32 Å². The van der Waals surface area contributed by atoms with Crippen LogP contribution in [0.4, 0.5) is 4.39 Å². The van der Waals surface area contributed by atoms with Crippen LogP contribution < -0.4 is 5.32 Å². The molecule has 0 saturated carbocycles. The Bertz CT molecular complexity index is 718. The Hall–Kier alpha value is -1.91. The molecular formula is C14H14FNO4S. The highest BCUT2D eigenvalue weighted by atomic mass is 32.2. The van der Waals surface area contributed by atoms with Gasteiger partial charge in [0.25, 0.3) is 5.91 Å². The SMILES string of the molecule is O=C(NC1CCS(=O)(=O)C1)c1ccc(F)cc1C#CCO. The molecule has 21 heavy (non-hydrogen) atoms. The Morgan fingerprint density at radius 2 is 2.24 bits per heavy atom. The van der Waals surface area contributed by atoms with Crippen molar-refractivity contribution in [3.8, 4) is 11.8 Å². The van der Waals surface area contributed by atoms with Gasteiger partial charge in [0.05, 0.1) is 17.1 Å². The van der Waals surface area contributed by atoms with Crippen LogP contribution in [-0.4, -0.2) is 43.6 Å². The molecule has 1 aliphatic heterocycles. The molecule has 2 N–H and O–H groups in total. The fourth-order valence-corrected chi connectivity index (χ4v) is 3.80. The van der Waals surface area contributed by atoms with E-state index in [2.05, 4.69) is 17.2 Å². The van der Waals surface area contributed by atoms with Gasteiger partial charge in [-0.25, -0.2) is 12.8 Å². The van der Waals surface area contributed by atoms with Crippen molar-refractivity contribution in [2.24, 2.45) is 0 Å². The number of halogens is 1. The Labute approximate surface area is 122 Å². The number of nitrogens with one attached hydrogen (secondary N) is 1. The van der Waals surface area contributed by atoms with Crippen LogP contribution >= 0.6 is 0 Å². The van der Waals surface area contributed by atoms with E-state index in [0.29, 0.717) is 6.42 Å². The zero-order valence-corrected chi connectivity index (χ0v) is 11.9. The van der Waals surface area contributed by atoms with E-state index in [1.165, 1.54) is 6.07 Å². The average Bonchev–Trinajstić information content (AvgIpc) is 2.75. The van der Waals surface area contributed by atoms with E-state index in [-0.39, 0.29) is 22.6 Å². The lowest BCUT2D eigenvalue weighted by molar-refractivity contribution is 0.0941. The molecule has 1 amide bonds. The van der Waals surface area contributed by atoms with Gasteiger partial charge in [-0.15, -0.1) is 0 Å². The van der Waals surface area contributed by atoms with Gasteiger partial charge < -0.3 is 10.4 Å². The summed E-state index contributed by atoms with van der Waals surface area (Å²) in [6.45, 7) is -0.404. The maximum Gasteiger partial charge on any atom is 0.252 e. The number of sulfone groups is 1. The van der Waals surface area contributed by atoms with Crippen molar-refractivity contribution in [2.45, 2.75) is 12.5 Å². The van der Waals surface area contributed by atoms with Gasteiger partial charge in [-0.1, -0.05) is 11.8 Å². The number of aliphatic hydroxyl groups is 1. The van der Waals surface area contributed by atoms with Crippen LogP contribution in [0.2, 0.25) is 0 Å². The third-order valence-electron chi connectivity index (χ3n) is 3.10. The van der Waals surface area contributed by atoms with Gasteiger partial charge in [0.15, 0.2) is 9.84 Å². The first-order valence-electron chi connectivity index (χ1n) is 6.32. The van der Waals surface area contributed by atoms with Gasteiger partial charge in [0.1, 0.15) is 12.4 Å². The summed E-state index contributed by atoms with van der Waals surface area (Å²) in [5.74, 6) is 3.79. The van der Waals surface area contributed by atoms with Crippen molar-refractivity contribution in [3.05, 3.63) is 35.1 Å². The number of benzene rings is 1. The summed E-state index contributed by atoms with van der Waals surface area (Å²) in [7, 11) is -3.09. The monoisotopic (exact) mass is 311 g/mol. The van der Waals surface area contributed by atoms with Gasteiger partial charge >= 0.3 is 0 Å². The zero-order chi connectivity index (χ0) is 15.5. The predicted octanol–water partition coefficient (Wildman–Crippen LogP) is 0.0864. The maximum atomic E-state index is 13.2. The van der Waals surface area contributed by atoms with Gasteiger partial charge in [0, 0.05) is 11.6 Å². The van der Waals surface area contributed by atoms with Crippen molar-refractivity contribution in [1.29, 1.82) is 0 Å². The summed E-state index contributed by atoms with van der Waals surface area (Å²) >= 11 is 0. The van der Waals surface area contributed by atoms with Gasteiger partial charge in [-0.3, -0.25) is 4.79 Å². The van der Waals surface area contributed by atoms with Crippen LogP contribution in [0.5, 0.6) is 0 Å². The second-order valence-electron chi connectivity index (χ2n) is 4.72. The number of hydrogen-bond acceptors (Lipinski definition) is 4. The number of carbonyl (C=O) groups is 1. The lowest BCUT2D eigenvalue weighted by atomic mass is 10.1. The van der Waals surface area contributed by atoms with Crippen LogP contribution in [0.3, 0.4) is 0 Å². The molecule has 1 atom stereocenters. The molecule has 0 spiro atoms. The minimum atomic E-state index is -3.09. The van der Waals surface area contributed by atoms with E-state index < -0.39 is 34.2 Å². The van der Waals surface area contributed by atoms with Crippen molar-refractivity contribution in [2.75, 3.05) is 18.1 Å². The highest BCUT2D eigenvalue weighted by molar-refractivity contribution is 7.91. The number of amides is 1. The van der Waals surface area contributed by atoms with Crippen molar-refractivity contribution < 1.29 is 22.7 Å². The number of hydrogen-bond donors (Lipinski definition) is 2. The summed E-state index contributed by atoms with van der Waals surface area (Å²) in [5.41, 5.74) is 0.309. The Kier molecular flexibility index (Phi) is 4.60. The summed E-state index contributed by atoms with van der Waals surface area (Å²) in [5, 5.41) is 11.3. The molecule has 0 radical (unpaired) electrons. The highest BCUT2D eigenvalue weighted by Crippen LogP contribution is 2.14. The molecule has 7 heteroatoms. The smallest absolute Gasteiger partial charge is 0.252 e. The standard InChI is InChI=1S/C14H14FNO4S/c15-11-3-4-13(10(8-11)2-1-6-17)14(18)16-12-5-7-21(19,20)9-12/h3-4,8,12,17H,5-7,9H2,(H,16,18). The van der Waals surface area contributed by atoms with Crippen LogP contribution in [-0.2, 0) is 9.84 Å². The molecule has 112 valence electrons. The lowest BCUT2D eigenvalue weighted by Gasteiger charge is -2.12. The molecule has 5 nitrogen and oxygen atoms in total. The molecule has 2 rings (SSSR count). The Balaban J connectivity index is 2.19. The predicted molar refractivity (Wildman–Crippen MR) is 74.9 cm³/mol. The van der Waals surface area contributed by atoms with Crippen LogP contribution in [0.1, 0.15) is 22.3 Å². The van der Waals surface area contributed by atoms with E-state index in [9.17, 15) is 17.6 Å². The topological polar surface area (TPSA) is 83.5 Å². The fourth-order valence-electron chi connectivity index (χ4n) is 2.12. The van der Waals surface area contributed by atoms with Gasteiger partial charge in [-0.05, 0) is 24.6 Å². The quantitative estimate of drug-likeness (QED) is 0.758. The van der Waals surface area contributed by atoms with E-state index in [4.69, 9.17) is 5.11 Å². The first kappa shape index (κ1) is 15.5. The third kappa shape index (κ3) is 4.03. The van der Waals surface area contributed by atoms with Crippen molar-refractivity contribution in [3.63, 3.8) is 0 Å². The molecule has 0 aliphatic carbocycles.